The number of halogens is 2. The van der Waals surface area contributed by atoms with Crippen molar-refractivity contribution in [2.75, 3.05) is 0 Å². The van der Waals surface area contributed by atoms with Gasteiger partial charge in [0.05, 0.1) is 6.54 Å². The zero-order valence-electron chi connectivity index (χ0n) is 7.67. The first-order valence-corrected chi connectivity index (χ1v) is 4.27. The van der Waals surface area contributed by atoms with Gasteiger partial charge in [-0.1, -0.05) is 0 Å². The molecule has 0 saturated heterocycles. The van der Waals surface area contributed by atoms with Crippen LogP contribution in [0.5, 0.6) is 0 Å². The number of nitrogens with zero attached hydrogens (tertiary/aromatic N) is 2. The van der Waals surface area contributed by atoms with Gasteiger partial charge >= 0.3 is 0 Å². The molecular weight excluding hydrogens is 202 g/mol. The van der Waals surface area contributed by atoms with Crippen LogP contribution in [0, 0.1) is 11.6 Å². The van der Waals surface area contributed by atoms with Gasteiger partial charge in [0.2, 0.25) is 0 Å². The van der Waals surface area contributed by atoms with Crippen LogP contribution in [0.25, 0.3) is 11.4 Å². The van der Waals surface area contributed by atoms with E-state index in [2.05, 4.69) is 15.2 Å². The molecule has 4 nitrogen and oxygen atoms in total. The Balaban J connectivity index is 2.40. The second-order valence-corrected chi connectivity index (χ2v) is 2.94. The van der Waals surface area contributed by atoms with E-state index in [0.29, 0.717) is 17.2 Å². The van der Waals surface area contributed by atoms with Gasteiger partial charge in [0, 0.05) is 5.56 Å². The van der Waals surface area contributed by atoms with Crippen molar-refractivity contribution >= 4 is 0 Å². The number of H-pyrrole nitrogens is 1. The van der Waals surface area contributed by atoms with Gasteiger partial charge in [-0.15, -0.1) is 0 Å². The van der Waals surface area contributed by atoms with E-state index >= 15 is 0 Å². The third kappa shape index (κ3) is 1.84. The summed E-state index contributed by atoms with van der Waals surface area (Å²) in [5, 5.41) is 6.41. The lowest BCUT2D eigenvalue weighted by atomic mass is 10.2. The Morgan fingerprint density at radius 1 is 1.27 bits per heavy atom. The SMILES string of the molecule is NCc1nc(-c2ccc(F)c(F)c2)n[nH]1. The molecule has 0 spiro atoms. The predicted molar refractivity (Wildman–Crippen MR) is 49.6 cm³/mol. The van der Waals surface area contributed by atoms with Crippen molar-refractivity contribution in [3.63, 3.8) is 0 Å². The molecule has 78 valence electrons. The van der Waals surface area contributed by atoms with Crippen molar-refractivity contribution in [3.8, 4) is 11.4 Å². The molecule has 15 heavy (non-hydrogen) atoms. The molecule has 0 atom stereocenters. The Labute approximate surface area is 84.1 Å². The summed E-state index contributed by atoms with van der Waals surface area (Å²) in [6.45, 7) is 0.219. The van der Waals surface area contributed by atoms with Crippen LogP contribution in [0.4, 0.5) is 8.78 Å². The van der Waals surface area contributed by atoms with Crippen LogP contribution in [0.2, 0.25) is 0 Å². The van der Waals surface area contributed by atoms with Crippen molar-refractivity contribution < 1.29 is 8.78 Å². The molecule has 0 radical (unpaired) electrons. The van der Waals surface area contributed by atoms with Crippen molar-refractivity contribution in [1.82, 2.24) is 15.2 Å². The molecule has 0 aliphatic heterocycles. The lowest BCUT2D eigenvalue weighted by Crippen LogP contribution is -1.97. The second kappa shape index (κ2) is 3.74. The molecule has 0 aliphatic rings. The topological polar surface area (TPSA) is 67.6 Å². The number of benzene rings is 1. The van der Waals surface area contributed by atoms with Gasteiger partial charge in [-0.2, -0.15) is 5.10 Å². The monoisotopic (exact) mass is 210 g/mol. The van der Waals surface area contributed by atoms with Crippen LogP contribution in [0.15, 0.2) is 18.2 Å². The Morgan fingerprint density at radius 3 is 2.67 bits per heavy atom. The zero-order chi connectivity index (χ0) is 10.8. The van der Waals surface area contributed by atoms with Crippen molar-refractivity contribution in [3.05, 3.63) is 35.7 Å². The molecule has 2 rings (SSSR count). The van der Waals surface area contributed by atoms with Crippen LogP contribution in [0.1, 0.15) is 5.82 Å². The van der Waals surface area contributed by atoms with Gasteiger partial charge in [0.25, 0.3) is 0 Å². The highest BCUT2D eigenvalue weighted by molar-refractivity contribution is 5.54. The fraction of sp³-hybridized carbons (Fsp3) is 0.111. The summed E-state index contributed by atoms with van der Waals surface area (Å²) >= 11 is 0. The average molecular weight is 210 g/mol. The third-order valence-electron chi connectivity index (χ3n) is 1.90. The largest absolute Gasteiger partial charge is 0.324 e. The lowest BCUT2D eigenvalue weighted by Gasteiger charge is -1.95. The Bertz CT molecular complexity index is 481. The number of aromatic amines is 1. The molecule has 0 aliphatic carbocycles. The van der Waals surface area contributed by atoms with E-state index in [0.717, 1.165) is 12.1 Å². The molecule has 6 heteroatoms. The normalized spacial score (nSPS) is 10.6. The smallest absolute Gasteiger partial charge is 0.181 e. The van der Waals surface area contributed by atoms with Gasteiger partial charge in [0.15, 0.2) is 17.5 Å². The Hall–Kier alpha value is -1.82. The molecule has 0 bridgehead atoms. The summed E-state index contributed by atoms with van der Waals surface area (Å²) in [5.74, 6) is -1.02. The van der Waals surface area contributed by atoms with Gasteiger partial charge < -0.3 is 5.73 Å². The fourth-order valence-corrected chi connectivity index (χ4v) is 1.15. The molecule has 0 fully saturated rings. The summed E-state index contributed by atoms with van der Waals surface area (Å²) in [5.41, 5.74) is 5.73. The molecule has 1 aromatic carbocycles. The fourth-order valence-electron chi connectivity index (χ4n) is 1.15. The number of nitrogens with two attached hydrogens (primary N) is 1. The van der Waals surface area contributed by atoms with E-state index in [1.807, 2.05) is 0 Å². The molecule has 0 amide bonds. The van der Waals surface area contributed by atoms with E-state index in [4.69, 9.17) is 5.73 Å². The Morgan fingerprint density at radius 2 is 2.07 bits per heavy atom. The van der Waals surface area contributed by atoms with Crippen LogP contribution >= 0.6 is 0 Å². The van der Waals surface area contributed by atoms with Crippen molar-refractivity contribution in [2.45, 2.75) is 6.54 Å². The first-order valence-electron chi connectivity index (χ1n) is 4.27. The third-order valence-corrected chi connectivity index (χ3v) is 1.90. The molecular formula is C9H8F2N4. The zero-order valence-corrected chi connectivity index (χ0v) is 7.67. The maximum atomic E-state index is 12.9. The van der Waals surface area contributed by atoms with Gasteiger partial charge in [0.1, 0.15) is 5.82 Å². The minimum absolute atomic E-state index is 0.219. The van der Waals surface area contributed by atoms with Gasteiger partial charge in [-0.25, -0.2) is 13.8 Å². The van der Waals surface area contributed by atoms with E-state index in [9.17, 15) is 8.78 Å². The number of nitrogens with one attached hydrogen (secondary N) is 1. The summed E-state index contributed by atoms with van der Waals surface area (Å²) in [6.07, 6.45) is 0. The van der Waals surface area contributed by atoms with E-state index < -0.39 is 11.6 Å². The van der Waals surface area contributed by atoms with Crippen molar-refractivity contribution in [2.24, 2.45) is 5.73 Å². The maximum Gasteiger partial charge on any atom is 0.181 e. The quantitative estimate of drug-likeness (QED) is 0.782. The summed E-state index contributed by atoms with van der Waals surface area (Å²) < 4.78 is 25.5. The highest BCUT2D eigenvalue weighted by Gasteiger charge is 2.08. The summed E-state index contributed by atoms with van der Waals surface area (Å²) in [6, 6.07) is 3.48. The summed E-state index contributed by atoms with van der Waals surface area (Å²) in [4.78, 5) is 3.99. The number of aromatic nitrogens is 3. The van der Waals surface area contributed by atoms with Gasteiger partial charge in [-0.3, -0.25) is 5.10 Å². The second-order valence-electron chi connectivity index (χ2n) is 2.94. The highest BCUT2D eigenvalue weighted by Crippen LogP contribution is 2.17. The number of hydrogen-bond acceptors (Lipinski definition) is 3. The first kappa shape index (κ1) is 9.72. The van der Waals surface area contributed by atoms with Crippen LogP contribution in [-0.2, 0) is 6.54 Å². The molecule has 2 aromatic rings. The standard InChI is InChI=1S/C9H8F2N4/c10-6-2-1-5(3-7(6)11)9-13-8(4-12)14-15-9/h1-3H,4,12H2,(H,13,14,15). The maximum absolute atomic E-state index is 12.9. The number of rotatable bonds is 2. The van der Waals surface area contributed by atoms with Crippen LogP contribution in [0.3, 0.4) is 0 Å². The number of hydrogen-bond donors (Lipinski definition) is 2. The highest BCUT2D eigenvalue weighted by atomic mass is 19.2. The van der Waals surface area contributed by atoms with Crippen molar-refractivity contribution in [1.29, 1.82) is 0 Å². The first-order chi connectivity index (χ1) is 7.20. The molecule has 0 saturated carbocycles. The molecule has 0 unspecified atom stereocenters. The van der Waals surface area contributed by atoms with E-state index in [-0.39, 0.29) is 6.54 Å². The predicted octanol–water partition coefficient (Wildman–Crippen LogP) is 1.21. The lowest BCUT2D eigenvalue weighted by molar-refractivity contribution is 0.509. The molecule has 3 N–H and O–H groups in total. The average Bonchev–Trinajstić information content (AvgIpc) is 2.70. The van der Waals surface area contributed by atoms with Crippen LogP contribution in [-0.4, -0.2) is 15.2 Å². The minimum Gasteiger partial charge on any atom is -0.324 e. The van der Waals surface area contributed by atoms with E-state index in [1.165, 1.54) is 6.07 Å². The van der Waals surface area contributed by atoms with E-state index in [1.54, 1.807) is 0 Å². The molecule has 1 heterocycles. The van der Waals surface area contributed by atoms with Gasteiger partial charge in [-0.05, 0) is 18.2 Å². The van der Waals surface area contributed by atoms with Crippen LogP contribution < -0.4 is 5.73 Å². The Kier molecular flexibility index (Phi) is 2.42. The minimum atomic E-state index is -0.924. The summed E-state index contributed by atoms with van der Waals surface area (Å²) in [7, 11) is 0. The molecule has 1 aromatic heterocycles.